The Morgan fingerprint density at radius 1 is 1.33 bits per heavy atom. The van der Waals surface area contributed by atoms with Gasteiger partial charge in [-0.25, -0.2) is 0 Å². The van der Waals surface area contributed by atoms with Crippen LogP contribution in [0, 0.1) is 3.57 Å². The van der Waals surface area contributed by atoms with Gasteiger partial charge in [-0.2, -0.15) is 13.2 Å². The van der Waals surface area contributed by atoms with Crippen molar-refractivity contribution in [2.24, 2.45) is 0 Å². The van der Waals surface area contributed by atoms with E-state index in [-0.39, 0.29) is 5.56 Å². The highest BCUT2D eigenvalue weighted by atomic mass is 127. The summed E-state index contributed by atoms with van der Waals surface area (Å²) in [5.74, 6) is -0.711. The molecule has 0 spiro atoms. The van der Waals surface area contributed by atoms with Crippen LogP contribution in [0.4, 0.5) is 13.2 Å². The van der Waals surface area contributed by atoms with Crippen LogP contribution in [0.1, 0.15) is 10.4 Å². The van der Waals surface area contributed by atoms with E-state index in [4.69, 9.17) is 0 Å². The Morgan fingerprint density at radius 2 is 1.93 bits per heavy atom. The lowest BCUT2D eigenvalue weighted by Gasteiger charge is -2.08. The van der Waals surface area contributed by atoms with Gasteiger partial charge < -0.3 is 5.32 Å². The summed E-state index contributed by atoms with van der Waals surface area (Å²) in [5, 5.41) is 1.81. The standard InChI is InChI=1S/C9H7F3INO/c10-9(11,12)5-14-8(15)6-3-1-2-4-7(6)13/h1-4H,5H2,(H,14,15). The van der Waals surface area contributed by atoms with Gasteiger partial charge in [0.2, 0.25) is 0 Å². The van der Waals surface area contributed by atoms with E-state index in [2.05, 4.69) is 0 Å². The second-order valence-corrected chi connectivity index (χ2v) is 3.94. The molecule has 0 heterocycles. The smallest absolute Gasteiger partial charge is 0.343 e. The van der Waals surface area contributed by atoms with Crippen LogP contribution in [0.25, 0.3) is 0 Å². The Labute approximate surface area is 98.0 Å². The number of carbonyl (C=O) groups excluding carboxylic acids is 1. The fourth-order valence-corrected chi connectivity index (χ4v) is 1.55. The van der Waals surface area contributed by atoms with Crippen molar-refractivity contribution in [3.63, 3.8) is 0 Å². The maximum Gasteiger partial charge on any atom is 0.405 e. The fraction of sp³-hybridized carbons (Fsp3) is 0.222. The summed E-state index contributed by atoms with van der Waals surface area (Å²) < 4.78 is 36.1. The van der Waals surface area contributed by atoms with Crippen LogP contribution in [-0.2, 0) is 0 Å². The normalized spacial score (nSPS) is 11.2. The molecule has 2 nitrogen and oxygen atoms in total. The summed E-state index contributed by atoms with van der Waals surface area (Å²) in [4.78, 5) is 11.3. The van der Waals surface area contributed by atoms with Crippen LogP contribution in [0.3, 0.4) is 0 Å². The molecule has 0 radical (unpaired) electrons. The second kappa shape index (κ2) is 4.82. The number of hydrogen-bond donors (Lipinski definition) is 1. The van der Waals surface area contributed by atoms with E-state index in [0.717, 1.165) is 0 Å². The summed E-state index contributed by atoms with van der Waals surface area (Å²) in [7, 11) is 0. The van der Waals surface area contributed by atoms with Gasteiger partial charge in [0.15, 0.2) is 0 Å². The van der Waals surface area contributed by atoms with Crippen LogP contribution >= 0.6 is 22.6 Å². The third-order valence-corrected chi connectivity index (χ3v) is 2.51. The third-order valence-electron chi connectivity index (χ3n) is 1.57. The summed E-state index contributed by atoms with van der Waals surface area (Å²) in [6.45, 7) is -1.31. The molecular weight excluding hydrogens is 322 g/mol. The lowest BCUT2D eigenvalue weighted by molar-refractivity contribution is -0.123. The average molecular weight is 329 g/mol. The number of alkyl halides is 3. The first-order chi connectivity index (χ1) is 6.90. The van der Waals surface area contributed by atoms with Crippen molar-refractivity contribution in [3.8, 4) is 0 Å². The topological polar surface area (TPSA) is 29.1 Å². The average Bonchev–Trinajstić information content (AvgIpc) is 2.14. The number of halogens is 4. The fourth-order valence-electron chi connectivity index (χ4n) is 0.921. The van der Waals surface area contributed by atoms with E-state index >= 15 is 0 Å². The first kappa shape index (κ1) is 12.3. The van der Waals surface area contributed by atoms with E-state index in [1.165, 1.54) is 6.07 Å². The molecule has 15 heavy (non-hydrogen) atoms. The molecule has 0 aromatic heterocycles. The van der Waals surface area contributed by atoms with Gasteiger partial charge in [0, 0.05) is 3.57 Å². The molecule has 0 fully saturated rings. The Balaban J connectivity index is 2.66. The molecule has 1 aromatic carbocycles. The van der Waals surface area contributed by atoms with E-state index in [1.54, 1.807) is 18.2 Å². The zero-order valence-electron chi connectivity index (χ0n) is 7.44. The van der Waals surface area contributed by atoms with E-state index < -0.39 is 18.6 Å². The van der Waals surface area contributed by atoms with Crippen LogP contribution in [0.2, 0.25) is 0 Å². The Bertz CT molecular complexity index is 365. The van der Waals surface area contributed by atoms with Crippen molar-refractivity contribution in [2.45, 2.75) is 6.18 Å². The lowest BCUT2D eigenvalue weighted by Crippen LogP contribution is -2.34. The molecule has 82 valence electrons. The minimum atomic E-state index is -4.38. The van der Waals surface area contributed by atoms with Gasteiger partial charge in [0.05, 0.1) is 5.56 Å². The molecule has 1 aromatic rings. The van der Waals surface area contributed by atoms with E-state index in [1.807, 2.05) is 27.9 Å². The highest BCUT2D eigenvalue weighted by molar-refractivity contribution is 14.1. The van der Waals surface area contributed by atoms with Crippen LogP contribution < -0.4 is 5.32 Å². The van der Waals surface area contributed by atoms with Gasteiger partial charge in [0.1, 0.15) is 6.54 Å². The van der Waals surface area contributed by atoms with Crippen molar-refractivity contribution < 1.29 is 18.0 Å². The van der Waals surface area contributed by atoms with E-state index in [0.29, 0.717) is 3.57 Å². The van der Waals surface area contributed by atoms with Gasteiger partial charge in [-0.15, -0.1) is 0 Å². The van der Waals surface area contributed by atoms with Crippen LogP contribution in [0.15, 0.2) is 24.3 Å². The molecule has 1 amide bonds. The molecule has 0 atom stereocenters. The zero-order valence-corrected chi connectivity index (χ0v) is 9.59. The maximum absolute atomic E-state index is 11.8. The molecule has 0 unspecified atom stereocenters. The number of nitrogens with one attached hydrogen (secondary N) is 1. The van der Waals surface area contributed by atoms with Crippen molar-refractivity contribution >= 4 is 28.5 Å². The van der Waals surface area contributed by atoms with Gasteiger partial charge in [-0.05, 0) is 34.7 Å². The molecule has 0 aliphatic heterocycles. The van der Waals surface area contributed by atoms with Gasteiger partial charge in [-0.1, -0.05) is 12.1 Å². The molecular formula is C9H7F3INO. The SMILES string of the molecule is O=C(NCC(F)(F)F)c1ccccc1I. The lowest BCUT2D eigenvalue weighted by atomic mass is 10.2. The van der Waals surface area contributed by atoms with E-state index in [9.17, 15) is 18.0 Å². The molecule has 0 saturated carbocycles. The Hall–Kier alpha value is -0.790. The molecule has 0 aliphatic rings. The zero-order chi connectivity index (χ0) is 11.5. The highest BCUT2D eigenvalue weighted by Gasteiger charge is 2.28. The van der Waals surface area contributed by atoms with Crippen molar-refractivity contribution in [1.82, 2.24) is 5.32 Å². The minimum absolute atomic E-state index is 0.252. The number of rotatable bonds is 2. The maximum atomic E-state index is 11.8. The summed E-state index contributed by atoms with van der Waals surface area (Å²) in [5.41, 5.74) is 0.252. The number of amides is 1. The van der Waals surface area contributed by atoms with Gasteiger partial charge >= 0.3 is 6.18 Å². The number of hydrogen-bond acceptors (Lipinski definition) is 1. The van der Waals surface area contributed by atoms with Crippen LogP contribution in [-0.4, -0.2) is 18.6 Å². The predicted molar refractivity (Wildman–Crippen MR) is 57.5 cm³/mol. The third kappa shape index (κ3) is 4.06. The summed E-state index contributed by atoms with van der Waals surface area (Å²) in [6.07, 6.45) is -4.38. The Morgan fingerprint density at radius 3 is 2.47 bits per heavy atom. The number of benzene rings is 1. The van der Waals surface area contributed by atoms with Crippen molar-refractivity contribution in [1.29, 1.82) is 0 Å². The molecule has 1 rings (SSSR count). The van der Waals surface area contributed by atoms with Crippen molar-refractivity contribution in [2.75, 3.05) is 6.54 Å². The van der Waals surface area contributed by atoms with Gasteiger partial charge in [-0.3, -0.25) is 4.79 Å². The molecule has 0 aliphatic carbocycles. The van der Waals surface area contributed by atoms with Crippen LogP contribution in [0.5, 0.6) is 0 Å². The molecule has 0 saturated heterocycles. The first-order valence-corrected chi connectivity index (χ1v) is 5.07. The summed E-state index contributed by atoms with van der Waals surface area (Å²) in [6, 6.07) is 6.45. The minimum Gasteiger partial charge on any atom is -0.343 e. The largest absolute Gasteiger partial charge is 0.405 e. The molecule has 1 N–H and O–H groups in total. The van der Waals surface area contributed by atoms with Crippen molar-refractivity contribution in [3.05, 3.63) is 33.4 Å². The first-order valence-electron chi connectivity index (χ1n) is 3.99. The van der Waals surface area contributed by atoms with Gasteiger partial charge in [0.25, 0.3) is 5.91 Å². The summed E-state index contributed by atoms with van der Waals surface area (Å²) >= 11 is 1.89. The Kier molecular flexibility index (Phi) is 3.95. The predicted octanol–water partition coefficient (Wildman–Crippen LogP) is 2.58. The number of carbonyl (C=O) groups is 1. The molecule has 6 heteroatoms. The monoisotopic (exact) mass is 329 g/mol. The second-order valence-electron chi connectivity index (χ2n) is 2.78. The quantitative estimate of drug-likeness (QED) is 0.831. The molecule has 0 bridgehead atoms. The highest BCUT2D eigenvalue weighted by Crippen LogP contribution is 2.14.